The summed E-state index contributed by atoms with van der Waals surface area (Å²) in [6.45, 7) is 1.92. The van der Waals surface area contributed by atoms with Gasteiger partial charge >= 0.3 is 0 Å². The Kier molecular flexibility index (Phi) is 4.14. The molecular weight excluding hydrogens is 322 g/mol. The van der Waals surface area contributed by atoms with Crippen LogP contribution in [0.15, 0.2) is 28.1 Å². The van der Waals surface area contributed by atoms with E-state index in [2.05, 4.69) is 15.9 Å². The van der Waals surface area contributed by atoms with Crippen LogP contribution in [0.3, 0.4) is 0 Å². The second-order valence-electron chi connectivity index (χ2n) is 4.03. The second kappa shape index (κ2) is 5.47. The van der Waals surface area contributed by atoms with Gasteiger partial charge in [0.05, 0.1) is 9.89 Å². The predicted octanol–water partition coefficient (Wildman–Crippen LogP) is 4.37. The van der Waals surface area contributed by atoms with E-state index in [0.29, 0.717) is 5.56 Å². The quantitative estimate of drug-likeness (QED) is 0.884. The fourth-order valence-corrected chi connectivity index (χ4v) is 3.56. The number of hydrogen-bond donors (Lipinski definition) is 1. The van der Waals surface area contributed by atoms with Crippen LogP contribution in [0.1, 0.15) is 22.1 Å². The molecule has 1 N–H and O–H groups in total. The molecule has 18 heavy (non-hydrogen) atoms. The molecule has 0 fully saturated rings. The fraction of sp³-hybridized carbons (Fsp3) is 0.231. The van der Waals surface area contributed by atoms with Crippen molar-refractivity contribution in [2.75, 3.05) is 0 Å². The summed E-state index contributed by atoms with van der Waals surface area (Å²) >= 11 is 4.89. The molecule has 2 aromatic rings. The highest BCUT2D eigenvalue weighted by atomic mass is 79.9. The van der Waals surface area contributed by atoms with E-state index in [1.807, 2.05) is 13.0 Å². The summed E-state index contributed by atoms with van der Waals surface area (Å²) < 4.78 is 26.8. The zero-order chi connectivity index (χ0) is 13.3. The predicted molar refractivity (Wildman–Crippen MR) is 71.8 cm³/mol. The van der Waals surface area contributed by atoms with Crippen molar-refractivity contribution in [2.45, 2.75) is 19.4 Å². The number of aliphatic hydroxyl groups is 1. The summed E-state index contributed by atoms with van der Waals surface area (Å²) in [5.74, 6) is -1.76. The average Bonchev–Trinajstić information content (AvgIpc) is 2.63. The monoisotopic (exact) mass is 332 g/mol. The highest BCUT2D eigenvalue weighted by molar-refractivity contribution is 9.11. The van der Waals surface area contributed by atoms with Gasteiger partial charge in [0.2, 0.25) is 0 Å². The highest BCUT2D eigenvalue weighted by Gasteiger charge is 2.15. The Balaban J connectivity index is 2.18. The summed E-state index contributed by atoms with van der Waals surface area (Å²) in [4.78, 5) is 1.01. The van der Waals surface area contributed by atoms with E-state index in [1.54, 1.807) is 0 Å². The van der Waals surface area contributed by atoms with Gasteiger partial charge in [-0.05, 0) is 52.2 Å². The maximum Gasteiger partial charge on any atom is 0.159 e. The Morgan fingerprint density at radius 3 is 2.56 bits per heavy atom. The van der Waals surface area contributed by atoms with Crippen molar-refractivity contribution in [3.63, 3.8) is 0 Å². The Morgan fingerprint density at radius 2 is 2.00 bits per heavy atom. The number of rotatable bonds is 3. The number of halogens is 3. The van der Waals surface area contributed by atoms with Gasteiger partial charge in [0.1, 0.15) is 0 Å². The molecule has 1 aromatic carbocycles. The number of hydrogen-bond acceptors (Lipinski definition) is 2. The van der Waals surface area contributed by atoms with Gasteiger partial charge in [-0.1, -0.05) is 6.07 Å². The van der Waals surface area contributed by atoms with Crippen LogP contribution in [0.4, 0.5) is 8.78 Å². The van der Waals surface area contributed by atoms with E-state index in [0.717, 1.165) is 26.4 Å². The van der Waals surface area contributed by atoms with Gasteiger partial charge in [-0.15, -0.1) is 11.3 Å². The first kappa shape index (κ1) is 13.6. The van der Waals surface area contributed by atoms with E-state index in [-0.39, 0.29) is 6.42 Å². The molecule has 0 aliphatic heterocycles. The standard InChI is InChI=1S/C13H11BrF2OS/c1-7-9(6-13(14)18-7)12(17)5-8-2-3-10(15)11(16)4-8/h2-4,6,12,17H,5H2,1H3. The van der Waals surface area contributed by atoms with E-state index in [4.69, 9.17) is 0 Å². The number of thiophene rings is 1. The summed E-state index contributed by atoms with van der Waals surface area (Å²) in [5, 5.41) is 10.1. The molecule has 0 amide bonds. The van der Waals surface area contributed by atoms with Crippen molar-refractivity contribution >= 4 is 27.3 Å². The van der Waals surface area contributed by atoms with Crippen molar-refractivity contribution in [2.24, 2.45) is 0 Å². The van der Waals surface area contributed by atoms with Gasteiger partial charge in [-0.25, -0.2) is 8.78 Å². The first-order valence-electron chi connectivity index (χ1n) is 5.35. The summed E-state index contributed by atoms with van der Waals surface area (Å²) in [6.07, 6.45) is -0.446. The minimum Gasteiger partial charge on any atom is -0.388 e. The molecule has 0 radical (unpaired) electrons. The van der Waals surface area contributed by atoms with Crippen LogP contribution < -0.4 is 0 Å². The van der Waals surface area contributed by atoms with Gasteiger partial charge < -0.3 is 5.11 Å². The van der Waals surface area contributed by atoms with Crippen LogP contribution in [0, 0.1) is 18.6 Å². The lowest BCUT2D eigenvalue weighted by molar-refractivity contribution is 0.178. The molecule has 1 aromatic heterocycles. The molecule has 1 atom stereocenters. The molecular formula is C13H11BrF2OS. The van der Waals surface area contributed by atoms with Gasteiger partial charge in [-0.3, -0.25) is 0 Å². The third kappa shape index (κ3) is 2.96. The first-order valence-corrected chi connectivity index (χ1v) is 6.96. The minimum atomic E-state index is -0.886. The molecule has 0 saturated heterocycles. The summed E-state index contributed by atoms with van der Waals surface area (Å²) in [6, 6.07) is 5.53. The SMILES string of the molecule is Cc1sc(Br)cc1C(O)Cc1ccc(F)c(F)c1. The van der Waals surface area contributed by atoms with E-state index in [1.165, 1.54) is 17.4 Å². The first-order chi connectivity index (χ1) is 8.47. The second-order valence-corrected chi connectivity index (χ2v) is 6.67. The van der Waals surface area contributed by atoms with Gasteiger partial charge in [0, 0.05) is 11.3 Å². The van der Waals surface area contributed by atoms with Crippen molar-refractivity contribution < 1.29 is 13.9 Å². The smallest absolute Gasteiger partial charge is 0.159 e. The van der Waals surface area contributed by atoms with Crippen molar-refractivity contribution in [3.8, 4) is 0 Å². The molecule has 5 heteroatoms. The Labute approximate surface area is 116 Å². The van der Waals surface area contributed by atoms with Crippen molar-refractivity contribution in [1.29, 1.82) is 0 Å². The molecule has 0 bridgehead atoms. The molecule has 1 unspecified atom stereocenters. The molecule has 0 saturated carbocycles. The van der Waals surface area contributed by atoms with E-state index in [9.17, 15) is 13.9 Å². The minimum absolute atomic E-state index is 0.265. The number of aliphatic hydroxyl groups excluding tert-OH is 1. The highest BCUT2D eigenvalue weighted by Crippen LogP contribution is 2.32. The van der Waals surface area contributed by atoms with Crippen LogP contribution in [0.5, 0.6) is 0 Å². The molecule has 2 rings (SSSR count). The number of benzene rings is 1. The van der Waals surface area contributed by atoms with Crippen LogP contribution in [-0.2, 0) is 6.42 Å². The maximum absolute atomic E-state index is 13.1. The third-order valence-electron chi connectivity index (χ3n) is 2.70. The molecule has 0 aliphatic carbocycles. The normalized spacial score (nSPS) is 12.7. The molecule has 1 heterocycles. The van der Waals surface area contributed by atoms with Crippen LogP contribution >= 0.6 is 27.3 Å². The molecule has 0 aliphatic rings. The van der Waals surface area contributed by atoms with Crippen molar-refractivity contribution in [3.05, 3.63) is 55.7 Å². The number of aryl methyl sites for hydroxylation is 1. The van der Waals surface area contributed by atoms with E-state index < -0.39 is 17.7 Å². The van der Waals surface area contributed by atoms with Crippen LogP contribution in [0.25, 0.3) is 0 Å². The molecule has 96 valence electrons. The maximum atomic E-state index is 13.1. The summed E-state index contributed by atoms with van der Waals surface area (Å²) in [7, 11) is 0. The van der Waals surface area contributed by atoms with E-state index >= 15 is 0 Å². The largest absolute Gasteiger partial charge is 0.388 e. The topological polar surface area (TPSA) is 20.2 Å². The lowest BCUT2D eigenvalue weighted by atomic mass is 10.0. The van der Waals surface area contributed by atoms with Crippen molar-refractivity contribution in [1.82, 2.24) is 0 Å². The summed E-state index contributed by atoms with van der Waals surface area (Å²) in [5.41, 5.74) is 1.39. The van der Waals surface area contributed by atoms with Crippen LogP contribution in [-0.4, -0.2) is 5.11 Å². The lowest BCUT2D eigenvalue weighted by Crippen LogP contribution is -2.02. The molecule has 1 nitrogen and oxygen atoms in total. The Morgan fingerprint density at radius 1 is 1.28 bits per heavy atom. The van der Waals surface area contributed by atoms with Gasteiger partial charge in [0.15, 0.2) is 11.6 Å². The molecule has 0 spiro atoms. The fourth-order valence-electron chi connectivity index (χ4n) is 1.79. The van der Waals surface area contributed by atoms with Gasteiger partial charge in [-0.2, -0.15) is 0 Å². The third-order valence-corrected chi connectivity index (χ3v) is 4.27. The lowest BCUT2D eigenvalue weighted by Gasteiger charge is -2.10. The zero-order valence-electron chi connectivity index (χ0n) is 9.58. The van der Waals surface area contributed by atoms with Gasteiger partial charge in [0.25, 0.3) is 0 Å². The average molecular weight is 333 g/mol. The Bertz CT molecular complexity index is 568. The Hall–Kier alpha value is -0.780. The van der Waals surface area contributed by atoms with Crippen LogP contribution in [0.2, 0.25) is 0 Å². The zero-order valence-corrected chi connectivity index (χ0v) is 12.0.